The quantitative estimate of drug-likeness (QED) is 0.188. The van der Waals surface area contributed by atoms with Crippen molar-refractivity contribution in [3.63, 3.8) is 0 Å². The molecular formula is C25H33N9O6S. The van der Waals surface area contributed by atoms with Crippen molar-refractivity contribution in [1.29, 1.82) is 10.5 Å². The number of ether oxygens (including phenoxy) is 2. The van der Waals surface area contributed by atoms with Crippen LogP contribution in [0.2, 0.25) is 0 Å². The van der Waals surface area contributed by atoms with Crippen LogP contribution in [0.5, 0.6) is 5.75 Å². The summed E-state index contributed by atoms with van der Waals surface area (Å²) in [4.78, 5) is 17.9. The van der Waals surface area contributed by atoms with Gasteiger partial charge in [0, 0.05) is 38.8 Å². The molecule has 0 saturated carbocycles. The molecule has 0 bridgehead atoms. The molecule has 0 amide bonds. The number of aliphatic hydroxyl groups is 1. The van der Waals surface area contributed by atoms with E-state index in [4.69, 9.17) is 9.47 Å². The molecule has 2 aromatic rings. The number of anilines is 2. The number of nitrogens with zero attached hydrogens (tertiary/aromatic N) is 8. The van der Waals surface area contributed by atoms with Crippen molar-refractivity contribution in [1.82, 2.24) is 13.9 Å². The number of nitriles is 2. The normalized spacial score (nSPS) is 12.0. The Morgan fingerprint density at radius 1 is 1.24 bits per heavy atom. The molecule has 1 atom stereocenters. The summed E-state index contributed by atoms with van der Waals surface area (Å²) in [5, 5.41) is 37.6. The molecule has 220 valence electrons. The zero-order valence-electron chi connectivity index (χ0n) is 23.7. The van der Waals surface area contributed by atoms with Gasteiger partial charge < -0.3 is 19.5 Å². The molecule has 16 heteroatoms. The second-order valence-electron chi connectivity index (χ2n) is 8.72. The largest absolute Gasteiger partial charge is 0.494 e. The highest BCUT2D eigenvalue weighted by molar-refractivity contribution is 7.90. The lowest BCUT2D eigenvalue weighted by Crippen LogP contribution is -2.29. The van der Waals surface area contributed by atoms with E-state index in [0.29, 0.717) is 24.5 Å². The Bertz CT molecular complexity index is 1500. The first-order chi connectivity index (χ1) is 19.4. The fourth-order valence-corrected chi connectivity index (χ4v) is 4.18. The minimum atomic E-state index is -3.96. The fraction of sp³-hybridized carbons (Fsp3) is 0.440. The molecule has 1 aromatic carbocycles. The van der Waals surface area contributed by atoms with E-state index in [1.165, 1.54) is 34.2 Å². The molecule has 0 aliphatic carbocycles. The van der Waals surface area contributed by atoms with Gasteiger partial charge in [-0.15, -0.1) is 10.2 Å². The molecule has 0 radical (unpaired) electrons. The van der Waals surface area contributed by atoms with Gasteiger partial charge >= 0.3 is 16.2 Å². The molecule has 0 aliphatic heterocycles. The van der Waals surface area contributed by atoms with Gasteiger partial charge in [0.2, 0.25) is 0 Å². The van der Waals surface area contributed by atoms with Crippen molar-refractivity contribution in [3.05, 3.63) is 35.7 Å². The minimum Gasteiger partial charge on any atom is -0.494 e. The summed E-state index contributed by atoms with van der Waals surface area (Å²) in [5.74, 6) is -0.602. The average Bonchev–Trinajstić information content (AvgIpc) is 3.30. The zero-order valence-corrected chi connectivity index (χ0v) is 24.6. The van der Waals surface area contributed by atoms with E-state index in [2.05, 4.69) is 26.5 Å². The smallest absolute Gasteiger partial charge is 0.333 e. The Hall–Kier alpha value is -4.51. The molecule has 1 aromatic heterocycles. The highest BCUT2D eigenvalue weighted by Crippen LogP contribution is 2.40. The molecule has 0 saturated heterocycles. The third-order valence-corrected chi connectivity index (χ3v) is 7.24. The number of hydrogen-bond donors (Lipinski definition) is 2. The van der Waals surface area contributed by atoms with Crippen molar-refractivity contribution >= 4 is 39.2 Å². The zero-order chi connectivity index (χ0) is 30.9. The second-order valence-corrected chi connectivity index (χ2v) is 10.6. The van der Waals surface area contributed by atoms with Crippen LogP contribution in [0.1, 0.15) is 38.2 Å². The number of carbonyl (C=O) groups excluding carboxylic acids is 1. The highest BCUT2D eigenvalue weighted by Gasteiger charge is 2.26. The van der Waals surface area contributed by atoms with Crippen LogP contribution in [-0.2, 0) is 19.7 Å². The van der Waals surface area contributed by atoms with Gasteiger partial charge in [-0.25, -0.2) is 4.79 Å². The van der Waals surface area contributed by atoms with E-state index in [9.17, 15) is 28.8 Å². The summed E-state index contributed by atoms with van der Waals surface area (Å²) in [6, 6.07) is 5.62. The predicted molar refractivity (Wildman–Crippen MR) is 151 cm³/mol. The van der Waals surface area contributed by atoms with Crippen molar-refractivity contribution in [2.45, 2.75) is 26.8 Å². The molecule has 2 rings (SSSR count). The highest BCUT2D eigenvalue weighted by atomic mass is 32.2. The third-order valence-electron chi connectivity index (χ3n) is 5.80. The van der Waals surface area contributed by atoms with Crippen molar-refractivity contribution in [3.8, 4) is 17.9 Å². The Labute approximate surface area is 239 Å². The van der Waals surface area contributed by atoms with Gasteiger partial charge in [0.25, 0.3) is 5.95 Å². The maximum absolute atomic E-state index is 12.7. The summed E-state index contributed by atoms with van der Waals surface area (Å²) in [6.07, 6.45) is 0. The number of carbonyl (C=O) groups is 1. The first kappa shape index (κ1) is 32.7. The summed E-state index contributed by atoms with van der Waals surface area (Å²) >= 11 is 0. The average molecular weight is 588 g/mol. The first-order valence-electron chi connectivity index (χ1n) is 12.3. The van der Waals surface area contributed by atoms with Gasteiger partial charge in [-0.3, -0.25) is 9.29 Å². The van der Waals surface area contributed by atoms with Crippen LogP contribution in [0.4, 0.5) is 23.0 Å². The topological polar surface area (TPSA) is 199 Å². The van der Waals surface area contributed by atoms with Crippen molar-refractivity contribution < 1.29 is 27.8 Å². The Kier molecular flexibility index (Phi) is 11.3. The van der Waals surface area contributed by atoms with Crippen LogP contribution in [-0.4, -0.2) is 80.9 Å². The van der Waals surface area contributed by atoms with Gasteiger partial charge in [-0.2, -0.15) is 28.2 Å². The number of nitrogens with one attached hydrogen (secondary N) is 1. The van der Waals surface area contributed by atoms with Gasteiger partial charge in [0.1, 0.15) is 30.2 Å². The van der Waals surface area contributed by atoms with Crippen LogP contribution < -0.4 is 14.4 Å². The van der Waals surface area contributed by atoms with E-state index < -0.39 is 28.8 Å². The van der Waals surface area contributed by atoms with E-state index in [-0.39, 0.29) is 40.9 Å². The molecular weight excluding hydrogens is 554 g/mol. The van der Waals surface area contributed by atoms with E-state index >= 15 is 0 Å². The number of benzene rings is 1. The molecule has 15 nitrogen and oxygen atoms in total. The Balaban J connectivity index is 2.74. The minimum absolute atomic E-state index is 0.0315. The predicted octanol–water partition coefficient (Wildman–Crippen LogP) is 2.77. The molecule has 1 heterocycles. The molecule has 0 aliphatic rings. The fourth-order valence-electron chi connectivity index (χ4n) is 3.55. The van der Waals surface area contributed by atoms with Crippen LogP contribution in [0, 0.1) is 22.7 Å². The molecule has 0 spiro atoms. The monoisotopic (exact) mass is 587 g/mol. The Morgan fingerprint density at radius 2 is 1.90 bits per heavy atom. The second kappa shape index (κ2) is 14.2. The van der Waals surface area contributed by atoms with Gasteiger partial charge in [-0.05, 0) is 26.8 Å². The lowest BCUT2D eigenvalue weighted by atomic mass is 10.2. The number of esters is 1. The maximum Gasteiger partial charge on any atom is 0.333 e. The first-order valence-corrected chi connectivity index (χ1v) is 13.8. The summed E-state index contributed by atoms with van der Waals surface area (Å²) < 4.78 is 40.7. The third kappa shape index (κ3) is 7.57. The number of aliphatic hydroxyl groups excluding tert-OH is 1. The van der Waals surface area contributed by atoms with Crippen LogP contribution in [0.3, 0.4) is 0 Å². The number of methoxy groups -OCH3 is 1. The maximum atomic E-state index is 12.7. The Morgan fingerprint density at radius 3 is 2.39 bits per heavy atom. The lowest BCUT2D eigenvalue weighted by molar-refractivity contribution is -0.140. The molecule has 0 fully saturated rings. The number of azo groups is 1. The van der Waals surface area contributed by atoms with E-state index in [1.807, 2.05) is 24.8 Å². The van der Waals surface area contributed by atoms with E-state index in [0.717, 1.165) is 8.87 Å². The van der Waals surface area contributed by atoms with Crippen molar-refractivity contribution in [2.75, 3.05) is 57.1 Å². The summed E-state index contributed by atoms with van der Waals surface area (Å²) in [5.41, 5.74) is 0.291. The van der Waals surface area contributed by atoms with E-state index in [1.54, 1.807) is 12.1 Å². The van der Waals surface area contributed by atoms with Crippen LogP contribution in [0.25, 0.3) is 0 Å². The van der Waals surface area contributed by atoms with Crippen LogP contribution in [0.15, 0.2) is 34.5 Å². The molecule has 41 heavy (non-hydrogen) atoms. The SMILES string of the molecule is C=C(C)C(=O)OCC(CO)n1c(/N=N/c2cc(OC)c(N(CC)CC)cc2NS(=O)(=O)N(C)C)nc(C#N)c1C#N. The van der Waals surface area contributed by atoms with Gasteiger partial charge in [0.05, 0.1) is 31.1 Å². The number of hydrogen-bond acceptors (Lipinski definition) is 12. The summed E-state index contributed by atoms with van der Waals surface area (Å²) in [7, 11) is 0.208. The standard InChI is InChI=1S/C25H33N9O6S/c1-8-33(9-2)21-10-19(31-41(37,38)32(5)6)18(11-23(21)39-7)29-30-25-28-20(12-26)22(13-27)34(25)17(14-35)15-40-24(36)16(3)4/h10-11,17,31,35H,3,8-9,14-15H2,1-2,4-7H3/b30-29+. The van der Waals surface area contributed by atoms with Crippen LogP contribution >= 0.6 is 0 Å². The molecule has 1 unspecified atom stereocenters. The van der Waals surface area contributed by atoms with Gasteiger partial charge in [-0.1, -0.05) is 6.58 Å². The van der Waals surface area contributed by atoms with Gasteiger partial charge in [0.15, 0.2) is 11.4 Å². The number of rotatable bonds is 14. The molecule has 2 N–H and O–H groups in total. The summed E-state index contributed by atoms with van der Waals surface area (Å²) in [6.45, 7) is 9.04. The number of imidazole rings is 1. The lowest BCUT2D eigenvalue weighted by Gasteiger charge is -2.25. The van der Waals surface area contributed by atoms with Crippen molar-refractivity contribution in [2.24, 2.45) is 10.2 Å². The number of aromatic nitrogens is 2.